The van der Waals surface area contributed by atoms with Gasteiger partial charge in [0.2, 0.25) is 5.95 Å². The van der Waals surface area contributed by atoms with Crippen LogP contribution in [0.2, 0.25) is 0 Å². The smallest absolute Gasteiger partial charge is 0.416 e. The normalized spacial score (nSPS) is 17.2. The fourth-order valence-corrected chi connectivity index (χ4v) is 7.17. The van der Waals surface area contributed by atoms with Gasteiger partial charge in [-0.15, -0.1) is 0 Å². The first-order valence-electron chi connectivity index (χ1n) is 18.3. The lowest BCUT2D eigenvalue weighted by atomic mass is 9.80. The number of hydrogen-bond acceptors (Lipinski definition) is 9. The lowest BCUT2D eigenvalue weighted by Gasteiger charge is -2.36. The van der Waals surface area contributed by atoms with E-state index in [1.54, 1.807) is 13.8 Å². The number of hydrogen-bond donors (Lipinski definition) is 0. The van der Waals surface area contributed by atoms with Gasteiger partial charge in [-0.1, -0.05) is 0 Å². The number of anilines is 2. The van der Waals surface area contributed by atoms with Crippen LogP contribution < -0.4 is 14.5 Å². The quantitative estimate of drug-likeness (QED) is 0.103. The van der Waals surface area contributed by atoms with Gasteiger partial charge in [-0.2, -0.15) is 39.5 Å². The van der Waals surface area contributed by atoms with Crippen molar-refractivity contribution in [1.29, 1.82) is 0 Å². The minimum atomic E-state index is -5.17. The number of esters is 1. The molecule has 1 aliphatic carbocycles. The van der Waals surface area contributed by atoms with E-state index in [0.717, 1.165) is 56.5 Å². The predicted molar refractivity (Wildman–Crippen MR) is 194 cm³/mol. The minimum Gasteiger partial charge on any atom is -0.489 e. The summed E-state index contributed by atoms with van der Waals surface area (Å²) in [6, 6.07) is 2.78. The third kappa shape index (κ3) is 13.1. The SMILES string of the molecule is CCOC(=O)CC1CCC(CN(CC)c2ccc(C(F)(F)F)cc2CN(c2ncc(OCCS(C)(=O)=O)cn2)C(C)c2cc(C(F)(F)F)cc(C(F)(F)F)c2)CC1. The van der Waals surface area contributed by atoms with Crippen LogP contribution in [0.15, 0.2) is 48.8 Å². The number of ether oxygens (including phenoxy) is 2. The lowest BCUT2D eigenvalue weighted by Crippen LogP contribution is -2.34. The predicted octanol–water partition coefficient (Wildman–Crippen LogP) is 9.31. The molecule has 0 aliphatic heterocycles. The van der Waals surface area contributed by atoms with Crippen LogP contribution in [0.3, 0.4) is 0 Å². The monoisotopic (exact) mass is 840 g/mol. The summed E-state index contributed by atoms with van der Waals surface area (Å²) in [6.07, 6.45) is -8.67. The molecule has 0 bridgehead atoms. The first kappa shape index (κ1) is 45.4. The van der Waals surface area contributed by atoms with E-state index in [9.17, 15) is 52.7 Å². The van der Waals surface area contributed by atoms with Crippen LogP contribution in [-0.2, 0) is 44.4 Å². The van der Waals surface area contributed by atoms with Crippen molar-refractivity contribution < 1.29 is 62.2 Å². The Bertz CT molecular complexity index is 1880. The van der Waals surface area contributed by atoms with Gasteiger partial charge in [-0.3, -0.25) is 4.79 Å². The number of rotatable bonds is 16. The van der Waals surface area contributed by atoms with Gasteiger partial charge >= 0.3 is 24.5 Å². The number of benzene rings is 2. The van der Waals surface area contributed by atoms with Crippen molar-refractivity contribution in [2.45, 2.75) is 84.0 Å². The molecular weight excluding hydrogens is 795 g/mol. The molecule has 19 heteroatoms. The first-order valence-corrected chi connectivity index (χ1v) is 20.3. The molecular formula is C38H45F9N4O5S. The Labute approximate surface area is 325 Å². The van der Waals surface area contributed by atoms with Crippen molar-refractivity contribution in [3.05, 3.63) is 76.6 Å². The van der Waals surface area contributed by atoms with E-state index >= 15 is 0 Å². The number of sulfone groups is 1. The molecule has 1 heterocycles. The molecule has 9 nitrogen and oxygen atoms in total. The average Bonchev–Trinajstić information content (AvgIpc) is 3.12. The zero-order valence-corrected chi connectivity index (χ0v) is 32.6. The minimum absolute atomic E-state index is 0.0117. The van der Waals surface area contributed by atoms with Gasteiger partial charge in [0.15, 0.2) is 15.6 Å². The standard InChI is InChI=1S/C38H45F9N4O5S/c1-5-50(22-26-9-7-25(8-10-26)15-34(52)55-6-2)33-12-11-29(36(39,40)41)18-28(33)23-51(35-48-20-32(21-49-35)56-13-14-57(4,53)54)24(3)27-16-30(37(42,43)44)19-31(17-27)38(45,46)47/h11-12,16-21,24-26H,5-10,13-15,22-23H2,1-4H3. The zero-order chi connectivity index (χ0) is 42.3. The Balaban J connectivity index is 1.77. The topological polar surface area (TPSA) is 102 Å². The molecule has 1 fully saturated rings. The number of halogens is 9. The molecule has 0 amide bonds. The highest BCUT2D eigenvalue weighted by molar-refractivity contribution is 7.90. The summed E-state index contributed by atoms with van der Waals surface area (Å²) >= 11 is 0. The van der Waals surface area contributed by atoms with Crippen LogP contribution in [0.5, 0.6) is 5.75 Å². The molecule has 1 aliphatic rings. The molecule has 1 saturated carbocycles. The van der Waals surface area contributed by atoms with E-state index < -0.39 is 63.2 Å². The van der Waals surface area contributed by atoms with E-state index in [1.165, 1.54) is 17.9 Å². The van der Waals surface area contributed by atoms with E-state index in [4.69, 9.17) is 9.47 Å². The van der Waals surface area contributed by atoms with Crippen molar-refractivity contribution >= 4 is 27.4 Å². The molecule has 316 valence electrons. The summed E-state index contributed by atoms with van der Waals surface area (Å²) in [7, 11) is -3.40. The van der Waals surface area contributed by atoms with Crippen molar-refractivity contribution in [2.24, 2.45) is 11.8 Å². The highest BCUT2D eigenvalue weighted by Crippen LogP contribution is 2.41. The fraction of sp³-hybridized carbons (Fsp3) is 0.553. The van der Waals surface area contributed by atoms with Gasteiger partial charge < -0.3 is 19.3 Å². The number of alkyl halides is 9. The maximum atomic E-state index is 14.2. The molecule has 57 heavy (non-hydrogen) atoms. The van der Waals surface area contributed by atoms with E-state index in [-0.39, 0.29) is 60.1 Å². The van der Waals surface area contributed by atoms with E-state index in [2.05, 4.69) is 9.97 Å². The molecule has 1 unspecified atom stereocenters. The van der Waals surface area contributed by atoms with E-state index in [0.29, 0.717) is 37.3 Å². The number of carbonyl (C=O) groups is 1. The molecule has 0 spiro atoms. The second-order valence-electron chi connectivity index (χ2n) is 14.1. The maximum absolute atomic E-state index is 14.2. The van der Waals surface area contributed by atoms with Gasteiger partial charge in [-0.25, -0.2) is 18.4 Å². The third-order valence-corrected chi connectivity index (χ3v) is 10.7. The molecule has 2 aromatic carbocycles. The summed E-state index contributed by atoms with van der Waals surface area (Å²) in [6.45, 7) is 5.09. The largest absolute Gasteiger partial charge is 0.489 e. The number of aromatic nitrogens is 2. The lowest BCUT2D eigenvalue weighted by molar-refractivity contribution is -0.145. The van der Waals surface area contributed by atoms with Crippen LogP contribution in [0.1, 0.15) is 86.7 Å². The summed E-state index contributed by atoms with van der Waals surface area (Å²) < 4.78 is 160. The summed E-state index contributed by atoms with van der Waals surface area (Å²) in [5.41, 5.74) is -4.24. The highest BCUT2D eigenvalue weighted by Gasteiger charge is 2.38. The summed E-state index contributed by atoms with van der Waals surface area (Å²) in [4.78, 5) is 23.5. The molecule has 0 N–H and O–H groups in total. The van der Waals surface area contributed by atoms with Gasteiger partial charge in [0.25, 0.3) is 0 Å². The molecule has 0 saturated heterocycles. The molecule has 1 aromatic heterocycles. The van der Waals surface area contributed by atoms with Gasteiger partial charge in [0.1, 0.15) is 6.61 Å². The first-order chi connectivity index (χ1) is 26.5. The molecule has 4 rings (SSSR count). The zero-order valence-electron chi connectivity index (χ0n) is 31.8. The molecule has 1 atom stereocenters. The van der Waals surface area contributed by atoms with Gasteiger partial charge in [0.05, 0.1) is 47.5 Å². The van der Waals surface area contributed by atoms with Crippen molar-refractivity contribution in [2.75, 3.05) is 48.1 Å². The van der Waals surface area contributed by atoms with Crippen LogP contribution >= 0.6 is 0 Å². The Morgan fingerprint density at radius 3 is 1.91 bits per heavy atom. The Morgan fingerprint density at radius 2 is 1.40 bits per heavy atom. The molecule has 0 radical (unpaired) electrons. The summed E-state index contributed by atoms with van der Waals surface area (Å²) in [5.74, 6) is -0.661. The summed E-state index contributed by atoms with van der Waals surface area (Å²) in [5, 5.41) is 0. The van der Waals surface area contributed by atoms with Crippen LogP contribution in [0.25, 0.3) is 0 Å². The second-order valence-corrected chi connectivity index (χ2v) is 16.4. The third-order valence-electron chi connectivity index (χ3n) is 9.83. The van der Waals surface area contributed by atoms with E-state index in [1.807, 2.05) is 4.90 Å². The second kappa shape index (κ2) is 18.5. The van der Waals surface area contributed by atoms with Crippen LogP contribution in [-0.4, -0.2) is 62.7 Å². The highest BCUT2D eigenvalue weighted by atomic mass is 32.2. The average molecular weight is 841 g/mol. The van der Waals surface area contributed by atoms with Crippen molar-refractivity contribution in [1.82, 2.24) is 9.97 Å². The Hall–Kier alpha value is -4.29. The fourth-order valence-electron chi connectivity index (χ4n) is 6.79. The van der Waals surface area contributed by atoms with Crippen molar-refractivity contribution in [3.63, 3.8) is 0 Å². The number of carbonyl (C=O) groups excluding carboxylic acids is 1. The van der Waals surface area contributed by atoms with Gasteiger partial charge in [-0.05, 0) is 106 Å². The van der Waals surface area contributed by atoms with Crippen molar-refractivity contribution in [3.8, 4) is 5.75 Å². The van der Waals surface area contributed by atoms with Gasteiger partial charge in [0, 0.05) is 38.0 Å². The maximum Gasteiger partial charge on any atom is 0.416 e. The van der Waals surface area contributed by atoms with Crippen LogP contribution in [0.4, 0.5) is 51.1 Å². The van der Waals surface area contributed by atoms with Crippen LogP contribution in [0, 0.1) is 11.8 Å². The Kier molecular flexibility index (Phi) is 14.8. The Morgan fingerprint density at radius 1 is 0.842 bits per heavy atom. The number of nitrogens with zero attached hydrogens (tertiary/aromatic N) is 4. The molecule has 3 aromatic rings.